The number of oxime groups is 1. The summed E-state index contributed by atoms with van der Waals surface area (Å²) >= 11 is 0. The van der Waals surface area contributed by atoms with Crippen molar-refractivity contribution in [3.63, 3.8) is 0 Å². The van der Waals surface area contributed by atoms with Gasteiger partial charge in [-0.2, -0.15) is 0 Å². The Balaban J connectivity index is 2.24. The molecule has 0 radical (unpaired) electrons. The standard InChI is InChI=1S/C15H26N4O/c1-15(2,14(16)18-20)8-4-5-10-19(3)12-13-7-6-9-17-11-13/h6-7,9,11,20H,4-5,8,10,12H2,1-3H3,(H2,16,18). The zero-order valence-electron chi connectivity index (χ0n) is 12.7. The molecule has 112 valence electrons. The monoisotopic (exact) mass is 278 g/mol. The Kier molecular flexibility index (Phi) is 6.45. The fraction of sp³-hybridized carbons (Fsp3) is 0.600. The van der Waals surface area contributed by atoms with E-state index < -0.39 is 0 Å². The molecule has 1 heterocycles. The molecule has 0 atom stereocenters. The summed E-state index contributed by atoms with van der Waals surface area (Å²) in [6.07, 6.45) is 6.76. The van der Waals surface area contributed by atoms with Crippen molar-refractivity contribution in [2.75, 3.05) is 13.6 Å². The summed E-state index contributed by atoms with van der Waals surface area (Å²) in [6, 6.07) is 4.05. The van der Waals surface area contributed by atoms with E-state index in [9.17, 15) is 0 Å². The van der Waals surface area contributed by atoms with Crippen LogP contribution in [0.1, 0.15) is 38.7 Å². The van der Waals surface area contributed by atoms with Crippen molar-refractivity contribution in [1.82, 2.24) is 9.88 Å². The molecule has 0 bridgehead atoms. The van der Waals surface area contributed by atoms with Crippen molar-refractivity contribution >= 4 is 5.84 Å². The second-order valence-corrected chi connectivity index (χ2v) is 5.93. The summed E-state index contributed by atoms with van der Waals surface area (Å²) in [5.74, 6) is 0.307. The summed E-state index contributed by atoms with van der Waals surface area (Å²) < 4.78 is 0. The van der Waals surface area contributed by atoms with Crippen molar-refractivity contribution in [2.45, 2.75) is 39.7 Å². The van der Waals surface area contributed by atoms with Gasteiger partial charge in [0.2, 0.25) is 0 Å². The van der Waals surface area contributed by atoms with Crippen LogP contribution in [0.2, 0.25) is 0 Å². The summed E-state index contributed by atoms with van der Waals surface area (Å²) in [5.41, 5.74) is 6.67. The van der Waals surface area contributed by atoms with Crippen molar-refractivity contribution in [3.8, 4) is 0 Å². The molecule has 1 rings (SSSR count). The number of nitrogens with two attached hydrogens (primary N) is 1. The highest BCUT2D eigenvalue weighted by molar-refractivity contribution is 5.85. The normalized spacial score (nSPS) is 12.9. The van der Waals surface area contributed by atoms with Gasteiger partial charge in [-0.05, 0) is 38.1 Å². The highest BCUT2D eigenvalue weighted by atomic mass is 16.4. The first kappa shape index (κ1) is 16.4. The number of nitrogens with zero attached hydrogens (tertiary/aromatic N) is 3. The van der Waals surface area contributed by atoms with Gasteiger partial charge in [0, 0.05) is 24.4 Å². The smallest absolute Gasteiger partial charge is 0.144 e. The van der Waals surface area contributed by atoms with E-state index in [0.717, 1.165) is 32.4 Å². The number of rotatable bonds is 8. The molecule has 0 aromatic carbocycles. The minimum absolute atomic E-state index is 0.239. The topological polar surface area (TPSA) is 74.7 Å². The van der Waals surface area contributed by atoms with Gasteiger partial charge >= 0.3 is 0 Å². The molecular formula is C15H26N4O. The van der Waals surface area contributed by atoms with Crippen LogP contribution < -0.4 is 5.73 Å². The lowest BCUT2D eigenvalue weighted by molar-refractivity contribution is 0.295. The van der Waals surface area contributed by atoms with Crippen LogP contribution in [0.3, 0.4) is 0 Å². The van der Waals surface area contributed by atoms with Crippen molar-refractivity contribution in [1.29, 1.82) is 0 Å². The molecule has 20 heavy (non-hydrogen) atoms. The summed E-state index contributed by atoms with van der Waals surface area (Å²) in [7, 11) is 2.11. The van der Waals surface area contributed by atoms with E-state index in [0.29, 0.717) is 5.84 Å². The fourth-order valence-electron chi connectivity index (χ4n) is 2.09. The van der Waals surface area contributed by atoms with Gasteiger partial charge in [0.25, 0.3) is 0 Å². The van der Waals surface area contributed by atoms with Crippen LogP contribution >= 0.6 is 0 Å². The average Bonchev–Trinajstić information content (AvgIpc) is 2.43. The molecule has 0 saturated carbocycles. The largest absolute Gasteiger partial charge is 0.409 e. The summed E-state index contributed by atoms with van der Waals surface area (Å²) in [4.78, 5) is 6.40. The van der Waals surface area contributed by atoms with E-state index >= 15 is 0 Å². The molecule has 0 saturated heterocycles. The van der Waals surface area contributed by atoms with Gasteiger partial charge in [-0.1, -0.05) is 31.5 Å². The third kappa shape index (κ3) is 5.57. The van der Waals surface area contributed by atoms with Crippen LogP contribution in [0.25, 0.3) is 0 Å². The highest BCUT2D eigenvalue weighted by Crippen LogP contribution is 2.23. The minimum atomic E-state index is -0.239. The first-order chi connectivity index (χ1) is 9.45. The van der Waals surface area contributed by atoms with E-state index in [1.807, 2.05) is 26.1 Å². The zero-order valence-corrected chi connectivity index (χ0v) is 12.7. The molecule has 0 unspecified atom stereocenters. The Bertz CT molecular complexity index is 417. The van der Waals surface area contributed by atoms with Crippen molar-refractivity contribution in [3.05, 3.63) is 30.1 Å². The lowest BCUT2D eigenvalue weighted by Crippen LogP contribution is -2.32. The molecule has 1 aromatic heterocycles. The van der Waals surface area contributed by atoms with Gasteiger partial charge in [-0.3, -0.25) is 4.98 Å². The van der Waals surface area contributed by atoms with Gasteiger partial charge in [-0.15, -0.1) is 0 Å². The Hall–Kier alpha value is -1.62. The number of unbranched alkanes of at least 4 members (excludes halogenated alkanes) is 1. The van der Waals surface area contributed by atoms with Crippen LogP contribution in [0.15, 0.2) is 29.7 Å². The van der Waals surface area contributed by atoms with Gasteiger partial charge in [0.15, 0.2) is 0 Å². The molecular weight excluding hydrogens is 252 g/mol. The number of aromatic nitrogens is 1. The van der Waals surface area contributed by atoms with E-state index in [4.69, 9.17) is 10.9 Å². The van der Waals surface area contributed by atoms with Crippen LogP contribution in [0.4, 0.5) is 0 Å². The Morgan fingerprint density at radius 1 is 1.45 bits per heavy atom. The average molecular weight is 278 g/mol. The first-order valence-electron chi connectivity index (χ1n) is 7.01. The van der Waals surface area contributed by atoms with Gasteiger partial charge in [-0.25, -0.2) is 0 Å². The van der Waals surface area contributed by atoms with Gasteiger partial charge in [0.1, 0.15) is 5.84 Å². The second-order valence-electron chi connectivity index (χ2n) is 5.93. The van der Waals surface area contributed by atoms with Crippen LogP contribution in [-0.4, -0.2) is 34.5 Å². The summed E-state index contributed by atoms with van der Waals surface area (Å²) in [6.45, 7) is 5.95. The van der Waals surface area contributed by atoms with Crippen LogP contribution in [0.5, 0.6) is 0 Å². The number of amidine groups is 1. The van der Waals surface area contributed by atoms with Crippen LogP contribution in [-0.2, 0) is 6.54 Å². The first-order valence-corrected chi connectivity index (χ1v) is 7.01. The lowest BCUT2D eigenvalue weighted by Gasteiger charge is -2.23. The van der Waals surface area contributed by atoms with Gasteiger partial charge < -0.3 is 15.8 Å². The number of hydrogen-bond acceptors (Lipinski definition) is 4. The fourth-order valence-corrected chi connectivity index (χ4v) is 2.09. The minimum Gasteiger partial charge on any atom is -0.409 e. The quantitative estimate of drug-likeness (QED) is 0.252. The van der Waals surface area contributed by atoms with E-state index in [1.54, 1.807) is 6.20 Å². The number of pyridine rings is 1. The molecule has 0 aliphatic heterocycles. The Labute approximate surface area is 121 Å². The molecule has 3 N–H and O–H groups in total. The molecule has 0 amide bonds. The number of hydrogen-bond donors (Lipinski definition) is 2. The van der Waals surface area contributed by atoms with Crippen molar-refractivity contribution in [2.24, 2.45) is 16.3 Å². The SMILES string of the molecule is CN(CCCCC(C)(C)/C(N)=N/O)Cc1cccnc1. The molecule has 0 fully saturated rings. The predicted octanol–water partition coefficient (Wildman–Crippen LogP) is 2.46. The third-order valence-corrected chi connectivity index (χ3v) is 3.57. The maximum Gasteiger partial charge on any atom is 0.144 e. The summed E-state index contributed by atoms with van der Waals surface area (Å²) in [5, 5.41) is 11.8. The molecule has 1 aromatic rings. The molecule has 5 nitrogen and oxygen atoms in total. The molecule has 0 aliphatic rings. The van der Waals surface area contributed by atoms with Crippen LogP contribution in [0, 0.1) is 5.41 Å². The Morgan fingerprint density at radius 3 is 2.80 bits per heavy atom. The predicted molar refractivity (Wildman–Crippen MR) is 81.6 cm³/mol. The molecule has 5 heteroatoms. The highest BCUT2D eigenvalue weighted by Gasteiger charge is 2.22. The third-order valence-electron chi connectivity index (χ3n) is 3.57. The maximum atomic E-state index is 8.73. The second kappa shape index (κ2) is 7.85. The van der Waals surface area contributed by atoms with E-state index in [1.165, 1.54) is 5.56 Å². The molecule has 0 aliphatic carbocycles. The maximum absolute atomic E-state index is 8.73. The van der Waals surface area contributed by atoms with E-state index in [2.05, 4.69) is 28.2 Å². The van der Waals surface area contributed by atoms with E-state index in [-0.39, 0.29) is 5.41 Å². The van der Waals surface area contributed by atoms with Crippen molar-refractivity contribution < 1.29 is 5.21 Å². The molecule has 0 spiro atoms. The van der Waals surface area contributed by atoms with Gasteiger partial charge in [0.05, 0.1) is 0 Å². The Morgan fingerprint density at radius 2 is 2.20 bits per heavy atom. The zero-order chi connectivity index (χ0) is 15.0. The lowest BCUT2D eigenvalue weighted by atomic mass is 9.86.